The summed E-state index contributed by atoms with van der Waals surface area (Å²) in [6, 6.07) is 5.93. The van der Waals surface area contributed by atoms with Crippen LogP contribution >= 0.6 is 11.6 Å². The minimum absolute atomic E-state index is 0.0573. The van der Waals surface area contributed by atoms with Gasteiger partial charge in [0.05, 0.1) is 12.3 Å². The molecule has 164 valence electrons. The van der Waals surface area contributed by atoms with Crippen molar-refractivity contribution in [1.82, 2.24) is 19.7 Å². The molecule has 2 unspecified atom stereocenters. The average molecular weight is 454 g/mol. The van der Waals surface area contributed by atoms with Gasteiger partial charge in [-0.15, -0.1) is 0 Å². The highest BCUT2D eigenvalue weighted by molar-refractivity contribution is 6.36. The van der Waals surface area contributed by atoms with Gasteiger partial charge in [0.2, 0.25) is 0 Å². The largest absolute Gasteiger partial charge is 0.467 e. The molecule has 0 aliphatic carbocycles. The van der Waals surface area contributed by atoms with E-state index in [1.165, 1.54) is 11.2 Å². The van der Waals surface area contributed by atoms with Crippen LogP contribution in [0.25, 0.3) is 0 Å². The molecule has 1 N–H and O–H groups in total. The fourth-order valence-electron chi connectivity index (χ4n) is 3.51. The van der Waals surface area contributed by atoms with Crippen molar-refractivity contribution in [3.8, 4) is 0 Å². The first-order valence-electron chi connectivity index (χ1n) is 9.55. The Morgan fingerprint density at radius 2 is 2.16 bits per heavy atom. The number of halogens is 4. The summed E-state index contributed by atoms with van der Waals surface area (Å²) < 4.78 is 47.4. The number of carbonyl (C=O) groups is 1. The minimum atomic E-state index is -4.58. The van der Waals surface area contributed by atoms with Gasteiger partial charge in [-0.25, -0.2) is 4.68 Å². The van der Waals surface area contributed by atoms with Gasteiger partial charge >= 0.3 is 6.18 Å². The lowest BCUT2D eigenvalue weighted by atomic mass is 10.0. The first-order chi connectivity index (χ1) is 14.8. The Balaban J connectivity index is 1.60. The van der Waals surface area contributed by atoms with E-state index in [1.807, 2.05) is 12.1 Å². The van der Waals surface area contributed by atoms with Gasteiger partial charge in [0.25, 0.3) is 5.91 Å². The number of nitrogens with one attached hydrogen (secondary N) is 1. The zero-order valence-corrected chi connectivity index (χ0v) is 17.2. The number of pyridine rings is 1. The molecule has 2 atom stereocenters. The van der Waals surface area contributed by atoms with Gasteiger partial charge in [-0.05, 0) is 24.3 Å². The van der Waals surface area contributed by atoms with Gasteiger partial charge in [0.1, 0.15) is 16.6 Å². The third kappa shape index (κ3) is 4.25. The highest BCUT2D eigenvalue weighted by atomic mass is 35.5. The second-order valence-corrected chi connectivity index (χ2v) is 7.64. The fraction of sp³-hybridized carbons (Fsp3) is 0.350. The van der Waals surface area contributed by atoms with E-state index < -0.39 is 24.2 Å². The van der Waals surface area contributed by atoms with Crippen molar-refractivity contribution in [3.63, 3.8) is 0 Å². The summed E-state index contributed by atoms with van der Waals surface area (Å²) in [4.78, 5) is 18.4. The molecule has 7 nitrogen and oxygen atoms in total. The molecule has 0 radical (unpaired) electrons. The van der Waals surface area contributed by atoms with Crippen molar-refractivity contribution in [2.24, 2.45) is 0 Å². The van der Waals surface area contributed by atoms with E-state index in [1.54, 1.807) is 31.4 Å². The number of furan rings is 1. The monoisotopic (exact) mass is 453 g/mol. The summed E-state index contributed by atoms with van der Waals surface area (Å²) in [7, 11) is 1.54. The van der Waals surface area contributed by atoms with Gasteiger partial charge in [-0.3, -0.25) is 9.78 Å². The van der Waals surface area contributed by atoms with Crippen LogP contribution in [-0.4, -0.2) is 45.3 Å². The number of hydrogen-bond acceptors (Lipinski definition) is 5. The van der Waals surface area contributed by atoms with Gasteiger partial charge in [-0.2, -0.15) is 18.3 Å². The number of nitrogens with zero attached hydrogens (tertiary/aromatic N) is 4. The zero-order valence-electron chi connectivity index (χ0n) is 16.4. The van der Waals surface area contributed by atoms with Crippen LogP contribution in [0.1, 0.15) is 40.4 Å². The Morgan fingerprint density at radius 1 is 1.35 bits per heavy atom. The van der Waals surface area contributed by atoms with Crippen LogP contribution in [0.2, 0.25) is 5.02 Å². The summed E-state index contributed by atoms with van der Waals surface area (Å²) in [5.41, 5.74) is 0.555. The first-order valence-corrected chi connectivity index (χ1v) is 9.93. The van der Waals surface area contributed by atoms with Crippen molar-refractivity contribution < 1.29 is 22.4 Å². The molecular formula is C20H19ClF3N5O2. The number of alkyl halides is 3. The average Bonchev–Trinajstić information content (AvgIpc) is 3.39. The lowest BCUT2D eigenvalue weighted by Gasteiger charge is -2.32. The predicted molar refractivity (Wildman–Crippen MR) is 107 cm³/mol. The maximum absolute atomic E-state index is 13.8. The topological polar surface area (TPSA) is 76.2 Å². The van der Waals surface area contributed by atoms with Crippen LogP contribution in [-0.2, 0) is 6.42 Å². The molecule has 0 spiro atoms. The van der Waals surface area contributed by atoms with E-state index in [-0.39, 0.29) is 23.0 Å². The highest BCUT2D eigenvalue weighted by Crippen LogP contribution is 2.46. The van der Waals surface area contributed by atoms with Gasteiger partial charge in [0, 0.05) is 38.3 Å². The molecule has 0 bridgehead atoms. The molecule has 31 heavy (non-hydrogen) atoms. The second kappa shape index (κ2) is 8.26. The molecule has 0 fully saturated rings. The summed E-state index contributed by atoms with van der Waals surface area (Å²) in [6.45, 7) is 0.305. The molecule has 3 aromatic heterocycles. The van der Waals surface area contributed by atoms with E-state index in [0.717, 1.165) is 10.4 Å². The highest BCUT2D eigenvalue weighted by Gasteiger charge is 2.48. The maximum Gasteiger partial charge on any atom is 0.410 e. The van der Waals surface area contributed by atoms with E-state index in [2.05, 4.69) is 15.4 Å². The van der Waals surface area contributed by atoms with Gasteiger partial charge in [-0.1, -0.05) is 17.7 Å². The first kappa shape index (κ1) is 21.2. The van der Waals surface area contributed by atoms with E-state index in [0.29, 0.717) is 18.7 Å². The number of anilines is 1. The standard InChI is InChI=1S/C20H19ClF3N5O2/c1-28(9-7-12-5-2-3-8-25-12)19(30)17-16(21)18-26-13(14-6-4-10-31-14)11-15(20(22,23)24)29(18)27-17/h2-6,8,10,13,15,26H,7,9,11H2,1H3. The lowest BCUT2D eigenvalue weighted by molar-refractivity contribution is -0.174. The Kier molecular flexibility index (Phi) is 5.65. The van der Waals surface area contributed by atoms with Crippen LogP contribution in [0.3, 0.4) is 0 Å². The molecule has 1 aliphatic heterocycles. The number of amides is 1. The minimum Gasteiger partial charge on any atom is -0.467 e. The van der Waals surface area contributed by atoms with Crippen molar-refractivity contribution in [1.29, 1.82) is 0 Å². The van der Waals surface area contributed by atoms with Crippen LogP contribution in [0.15, 0.2) is 47.2 Å². The molecule has 11 heteroatoms. The normalized spacial score (nSPS) is 18.4. The van der Waals surface area contributed by atoms with Crippen molar-refractivity contribution in [2.45, 2.75) is 31.1 Å². The van der Waals surface area contributed by atoms with E-state index in [4.69, 9.17) is 16.0 Å². The molecule has 4 rings (SSSR count). The molecule has 1 amide bonds. The third-order valence-electron chi connectivity index (χ3n) is 5.16. The van der Waals surface area contributed by atoms with Crippen molar-refractivity contribution >= 4 is 23.3 Å². The quantitative estimate of drug-likeness (QED) is 0.615. The predicted octanol–water partition coefficient (Wildman–Crippen LogP) is 4.50. The molecule has 0 aromatic carbocycles. The SMILES string of the molecule is CN(CCc1ccccn1)C(=O)c1nn2c(c1Cl)NC(c1ccco1)CC2C(F)(F)F. The number of rotatable bonds is 5. The maximum atomic E-state index is 13.8. The number of hydrogen-bond donors (Lipinski definition) is 1. The molecule has 0 saturated heterocycles. The van der Waals surface area contributed by atoms with Crippen LogP contribution in [0.4, 0.5) is 19.0 Å². The van der Waals surface area contributed by atoms with E-state index in [9.17, 15) is 18.0 Å². The number of carbonyl (C=O) groups excluding carboxylic acids is 1. The second-order valence-electron chi connectivity index (χ2n) is 7.26. The summed E-state index contributed by atoms with van der Waals surface area (Å²) in [6.07, 6.45) is -1.40. The Labute approximate surface area is 180 Å². The molecule has 4 heterocycles. The summed E-state index contributed by atoms with van der Waals surface area (Å²) in [5, 5.41) is 6.74. The Bertz CT molecular complexity index is 1050. The Morgan fingerprint density at radius 3 is 2.81 bits per heavy atom. The fourth-order valence-corrected chi connectivity index (χ4v) is 3.77. The third-order valence-corrected chi connectivity index (χ3v) is 5.52. The molecular weight excluding hydrogens is 435 g/mol. The van der Waals surface area contributed by atoms with Crippen molar-refractivity contribution in [2.75, 3.05) is 18.9 Å². The summed E-state index contributed by atoms with van der Waals surface area (Å²) in [5.74, 6) is -0.281. The number of fused-ring (bicyclic) bond motifs is 1. The summed E-state index contributed by atoms with van der Waals surface area (Å²) >= 11 is 6.34. The van der Waals surface area contributed by atoms with Crippen LogP contribution in [0.5, 0.6) is 0 Å². The molecule has 0 saturated carbocycles. The van der Waals surface area contributed by atoms with Gasteiger partial charge in [0.15, 0.2) is 11.7 Å². The smallest absolute Gasteiger partial charge is 0.410 e. The van der Waals surface area contributed by atoms with Crippen LogP contribution in [0, 0.1) is 0 Å². The van der Waals surface area contributed by atoms with E-state index >= 15 is 0 Å². The van der Waals surface area contributed by atoms with Crippen molar-refractivity contribution in [3.05, 3.63) is 65.0 Å². The molecule has 3 aromatic rings. The lowest BCUT2D eigenvalue weighted by Crippen LogP contribution is -2.36. The zero-order chi connectivity index (χ0) is 22.2. The number of likely N-dealkylation sites (N-methyl/N-ethyl adjacent to an activating group) is 1. The number of aromatic nitrogens is 3. The molecule has 1 aliphatic rings. The van der Waals surface area contributed by atoms with Crippen LogP contribution < -0.4 is 5.32 Å². The Hall–Kier alpha value is -3.01. The van der Waals surface area contributed by atoms with Gasteiger partial charge < -0.3 is 14.6 Å².